The van der Waals surface area contributed by atoms with Crippen molar-refractivity contribution in [2.24, 2.45) is 35.1 Å². The van der Waals surface area contributed by atoms with Crippen molar-refractivity contribution < 1.29 is 28.5 Å². The van der Waals surface area contributed by atoms with Crippen molar-refractivity contribution in [3.05, 3.63) is 133 Å². The Labute approximate surface area is 350 Å². The number of fused-ring (bicyclic) bond motifs is 8. The van der Waals surface area contributed by atoms with E-state index in [-0.39, 0.29) is 23.9 Å². The number of nitrogens with zero attached hydrogens (tertiary/aromatic N) is 4. The number of methoxy groups -OCH3 is 2. The minimum absolute atomic E-state index is 0.283. The van der Waals surface area contributed by atoms with Gasteiger partial charge in [-0.05, 0) is 117 Å². The first-order valence-electron chi connectivity index (χ1n) is 20.8. The third-order valence-corrected chi connectivity index (χ3v) is 14.1. The molecule has 0 aliphatic carbocycles. The lowest BCUT2D eigenvalue weighted by atomic mass is 9.65. The molecule has 4 N–H and O–H groups in total. The summed E-state index contributed by atoms with van der Waals surface area (Å²) in [6.45, 7) is 11.5. The molecule has 3 aromatic carbocycles. The fourth-order valence-electron chi connectivity index (χ4n) is 11.4. The predicted molar refractivity (Wildman–Crippen MR) is 229 cm³/mol. The maximum Gasteiger partial charge on any atom is 0.405 e. The number of benzene rings is 3. The van der Waals surface area contributed by atoms with E-state index in [9.17, 15) is 9.59 Å². The second-order valence-electron chi connectivity index (χ2n) is 16.8. The molecule has 2 aromatic heterocycles. The molecule has 0 spiro atoms. The zero-order valence-electron chi connectivity index (χ0n) is 34.2. The van der Waals surface area contributed by atoms with Gasteiger partial charge < -0.3 is 30.4 Å². The van der Waals surface area contributed by atoms with Crippen LogP contribution in [0.25, 0.3) is 21.8 Å². The summed E-state index contributed by atoms with van der Waals surface area (Å²) in [6.07, 6.45) is 9.14. The van der Waals surface area contributed by atoms with Crippen molar-refractivity contribution in [2.75, 3.05) is 40.4 Å². The van der Waals surface area contributed by atoms with Crippen molar-refractivity contribution in [3.63, 3.8) is 0 Å². The van der Waals surface area contributed by atoms with Gasteiger partial charge in [0.15, 0.2) is 11.2 Å². The van der Waals surface area contributed by atoms with E-state index in [0.717, 1.165) is 49.8 Å². The quantitative estimate of drug-likeness (QED) is 0.123. The van der Waals surface area contributed by atoms with Crippen LogP contribution in [0.15, 0.2) is 111 Å². The van der Waals surface area contributed by atoms with Crippen LogP contribution in [0.2, 0.25) is 0 Å². The number of ether oxygens (including phenoxy) is 4. The monoisotopic (exact) mass is 808 g/mol. The number of rotatable bonds is 12. The van der Waals surface area contributed by atoms with Crippen molar-refractivity contribution in [2.45, 2.75) is 49.0 Å². The Kier molecular flexibility index (Phi) is 10.2. The topological polar surface area (TPSA) is 155 Å². The van der Waals surface area contributed by atoms with E-state index in [1.54, 1.807) is 26.6 Å². The van der Waals surface area contributed by atoms with Crippen molar-refractivity contribution in [1.29, 1.82) is 0 Å². The van der Waals surface area contributed by atoms with E-state index in [0.29, 0.717) is 69.5 Å². The molecule has 60 heavy (non-hydrogen) atoms. The molecule has 4 bridgehead atoms. The molecule has 310 valence electrons. The molecule has 8 heterocycles. The van der Waals surface area contributed by atoms with Crippen LogP contribution in [-0.2, 0) is 20.7 Å². The highest BCUT2D eigenvalue weighted by molar-refractivity contribution is 5.87. The Morgan fingerprint density at radius 2 is 1.13 bits per heavy atom. The largest absolute Gasteiger partial charge is 0.497 e. The van der Waals surface area contributed by atoms with E-state index in [1.807, 2.05) is 84.9 Å². The number of carbonyl (C=O) groups is 2. The molecule has 0 radical (unpaired) electrons. The minimum atomic E-state index is -1.47. The maximum atomic E-state index is 13.6. The second-order valence-corrected chi connectivity index (χ2v) is 16.8. The Bertz CT molecular complexity index is 2330. The van der Waals surface area contributed by atoms with Gasteiger partial charge in [0.1, 0.15) is 11.5 Å². The van der Waals surface area contributed by atoms with Crippen LogP contribution >= 0.6 is 0 Å². The molecule has 2 amide bonds. The zero-order chi connectivity index (χ0) is 41.8. The van der Waals surface area contributed by atoms with Gasteiger partial charge in [-0.2, -0.15) is 0 Å². The molecule has 12 nitrogen and oxygen atoms in total. The Morgan fingerprint density at radius 3 is 1.50 bits per heavy atom. The van der Waals surface area contributed by atoms with Crippen LogP contribution in [-0.4, -0.2) is 84.4 Å². The fraction of sp³-hybridized carbons (Fsp3) is 0.375. The zero-order valence-corrected chi connectivity index (χ0v) is 34.2. The van der Waals surface area contributed by atoms with Gasteiger partial charge in [-0.25, -0.2) is 9.59 Å². The van der Waals surface area contributed by atoms with Crippen LogP contribution < -0.4 is 20.9 Å². The summed E-state index contributed by atoms with van der Waals surface area (Å²) in [4.78, 5) is 41.6. The molecule has 10 atom stereocenters. The van der Waals surface area contributed by atoms with Gasteiger partial charge >= 0.3 is 12.2 Å². The average Bonchev–Trinajstić information content (AvgIpc) is 3.29. The van der Waals surface area contributed by atoms with E-state index in [2.05, 4.69) is 23.0 Å². The molecule has 11 rings (SSSR count). The minimum Gasteiger partial charge on any atom is -0.497 e. The number of hydrogen-bond acceptors (Lipinski definition) is 10. The summed E-state index contributed by atoms with van der Waals surface area (Å²) >= 11 is 0. The highest BCUT2D eigenvalue weighted by atomic mass is 16.6. The number of hydrogen-bond donors (Lipinski definition) is 2. The average molecular weight is 809 g/mol. The third kappa shape index (κ3) is 6.35. The first kappa shape index (κ1) is 39.5. The van der Waals surface area contributed by atoms with Crippen LogP contribution in [0.1, 0.15) is 47.9 Å². The molecule has 0 saturated carbocycles. The van der Waals surface area contributed by atoms with E-state index >= 15 is 0 Å². The molecule has 6 aliphatic rings. The van der Waals surface area contributed by atoms with Crippen LogP contribution in [0.5, 0.6) is 11.5 Å². The second kappa shape index (κ2) is 15.6. The SMILES string of the molecule is C=C[C@H]1CN2CC[C@H]1C[C@H]2[C@](OC(N)=O)(c1cccc([C@](OC(N)=O)(c2ccnc3ccc(OC)cc23)[C@@H]2C[C@@H]3CCN2C[C@@H]3C=C)c1)c1ccnc2ccc(OC)cc12. The number of pyridine rings is 2. The number of amides is 2. The summed E-state index contributed by atoms with van der Waals surface area (Å²) in [5.74, 6) is 2.43. The lowest BCUT2D eigenvalue weighted by molar-refractivity contribution is -0.0924. The number of carbonyl (C=O) groups excluding carboxylic acids is 2. The molecular formula is C48H52N6O6. The van der Waals surface area contributed by atoms with E-state index in [1.165, 1.54) is 0 Å². The molecular weight excluding hydrogens is 757 g/mol. The van der Waals surface area contributed by atoms with Gasteiger partial charge in [-0.3, -0.25) is 19.8 Å². The van der Waals surface area contributed by atoms with Gasteiger partial charge in [-0.1, -0.05) is 30.4 Å². The van der Waals surface area contributed by atoms with Crippen LogP contribution in [0.3, 0.4) is 0 Å². The highest BCUT2D eigenvalue weighted by Crippen LogP contribution is 2.54. The first-order valence-corrected chi connectivity index (χ1v) is 20.8. The standard InChI is InChI=1S/C48H52N6O6/c1-5-29-27-53-20-16-31(29)22-43(53)47(59-45(49)55,39-14-18-51-41-12-10-35(57-3)25-37(39)41)33-8-7-9-34(24-33)48(60-46(50)56,44-23-32-17-21-54(44)28-30(32)6-2)40-15-19-52-42-13-11-36(58-4)26-38(40)42/h5-15,18-19,24-26,29-32,43-44H,1-2,16-17,20-23,27-28H2,3-4H3,(H2,49,55)(H2,50,56)/t29-,30-,31-,32-,43-,44-,47-,48-/m0/s1. The summed E-state index contributed by atoms with van der Waals surface area (Å²) in [5.41, 5.74) is 13.6. The number of primary amides is 2. The fourth-order valence-corrected chi connectivity index (χ4v) is 11.4. The molecule has 6 fully saturated rings. The third-order valence-electron chi connectivity index (χ3n) is 14.1. The Hall–Kier alpha value is -5.98. The molecule has 6 aliphatic heterocycles. The van der Waals surface area contributed by atoms with Crippen molar-refractivity contribution in [3.8, 4) is 11.5 Å². The molecule has 6 saturated heterocycles. The van der Waals surface area contributed by atoms with E-state index < -0.39 is 23.4 Å². The number of piperidine rings is 6. The van der Waals surface area contributed by atoms with Crippen molar-refractivity contribution in [1.82, 2.24) is 19.8 Å². The lowest BCUT2D eigenvalue weighted by Crippen LogP contribution is -2.63. The lowest BCUT2D eigenvalue weighted by Gasteiger charge is -2.56. The van der Waals surface area contributed by atoms with Gasteiger partial charge in [0, 0.05) is 58.5 Å². The first-order chi connectivity index (χ1) is 29.1. The van der Waals surface area contributed by atoms with Crippen LogP contribution in [0, 0.1) is 23.7 Å². The predicted octanol–water partition coefficient (Wildman–Crippen LogP) is 7.27. The van der Waals surface area contributed by atoms with Gasteiger partial charge in [0.25, 0.3) is 0 Å². The number of aromatic nitrogens is 2. The number of nitrogens with two attached hydrogens (primary N) is 2. The van der Waals surface area contributed by atoms with Gasteiger partial charge in [0.05, 0.1) is 37.3 Å². The van der Waals surface area contributed by atoms with Crippen molar-refractivity contribution >= 4 is 34.0 Å². The molecule has 2 unspecified atom stereocenters. The summed E-state index contributed by atoms with van der Waals surface area (Å²) in [6, 6.07) is 22.5. The van der Waals surface area contributed by atoms with Gasteiger partial charge in [0.2, 0.25) is 0 Å². The highest BCUT2D eigenvalue weighted by Gasteiger charge is 2.57. The van der Waals surface area contributed by atoms with E-state index in [4.69, 9.17) is 40.4 Å². The summed E-state index contributed by atoms with van der Waals surface area (Å²) in [5, 5.41) is 1.51. The summed E-state index contributed by atoms with van der Waals surface area (Å²) < 4.78 is 25.0. The molecule has 12 heteroatoms. The van der Waals surface area contributed by atoms with Gasteiger partial charge in [-0.15, -0.1) is 13.2 Å². The Balaban J connectivity index is 1.36. The Morgan fingerprint density at radius 1 is 0.683 bits per heavy atom. The summed E-state index contributed by atoms with van der Waals surface area (Å²) in [7, 11) is 3.24. The molecule has 5 aromatic rings. The smallest absolute Gasteiger partial charge is 0.405 e. The van der Waals surface area contributed by atoms with Crippen LogP contribution in [0.4, 0.5) is 9.59 Å². The normalized spacial score (nSPS) is 27.6. The maximum absolute atomic E-state index is 13.6.